The molecule has 1 atom stereocenters. The van der Waals surface area contributed by atoms with Crippen LogP contribution in [-0.2, 0) is 11.4 Å². The van der Waals surface area contributed by atoms with Crippen molar-refractivity contribution in [2.45, 2.75) is 16.2 Å². The van der Waals surface area contributed by atoms with Crippen molar-refractivity contribution in [1.29, 1.82) is 0 Å². The molecule has 0 fully saturated rings. The first-order valence-electron chi connectivity index (χ1n) is 6.89. The number of hydrogen-bond donors (Lipinski definition) is 1. The molecule has 2 aromatic rings. The number of halogens is 1. The van der Waals surface area contributed by atoms with Crippen molar-refractivity contribution in [3.8, 4) is 0 Å². The van der Waals surface area contributed by atoms with E-state index in [0.29, 0.717) is 11.6 Å². The number of rotatable bonds is 2. The molecule has 0 amide bonds. The minimum atomic E-state index is -1.01. The van der Waals surface area contributed by atoms with Gasteiger partial charge in [-0.15, -0.1) is 11.8 Å². The van der Waals surface area contributed by atoms with Crippen LogP contribution in [0.4, 0.5) is 0 Å². The SMILES string of the molecule is CN(C)CC1(O)c2ccc(Cl)cc2CSc2ccccc21. The summed E-state index contributed by atoms with van der Waals surface area (Å²) in [6.07, 6.45) is 0. The van der Waals surface area contributed by atoms with E-state index in [2.05, 4.69) is 6.07 Å². The van der Waals surface area contributed by atoms with E-state index in [-0.39, 0.29) is 0 Å². The van der Waals surface area contributed by atoms with Crippen molar-refractivity contribution in [2.75, 3.05) is 20.6 Å². The lowest BCUT2D eigenvalue weighted by molar-refractivity contribution is 0.0487. The highest BCUT2D eigenvalue weighted by atomic mass is 35.5. The second kappa shape index (κ2) is 5.65. The molecule has 0 bridgehead atoms. The third kappa shape index (κ3) is 2.71. The van der Waals surface area contributed by atoms with E-state index in [0.717, 1.165) is 27.3 Å². The first-order chi connectivity index (χ1) is 10.0. The fourth-order valence-electron chi connectivity index (χ4n) is 2.95. The van der Waals surface area contributed by atoms with Crippen molar-refractivity contribution in [1.82, 2.24) is 4.90 Å². The van der Waals surface area contributed by atoms with E-state index in [1.54, 1.807) is 11.8 Å². The lowest BCUT2D eigenvalue weighted by atomic mass is 9.83. The Morgan fingerprint density at radius 3 is 2.71 bits per heavy atom. The molecule has 1 aliphatic heterocycles. The van der Waals surface area contributed by atoms with Crippen LogP contribution in [0.15, 0.2) is 47.4 Å². The second-order valence-corrected chi connectivity index (χ2v) is 7.14. The highest BCUT2D eigenvalue weighted by Crippen LogP contribution is 2.43. The highest BCUT2D eigenvalue weighted by molar-refractivity contribution is 7.98. The maximum absolute atomic E-state index is 11.5. The van der Waals surface area contributed by atoms with Gasteiger partial charge in [-0.25, -0.2) is 0 Å². The number of benzene rings is 2. The molecule has 0 aromatic heterocycles. The Morgan fingerprint density at radius 2 is 1.95 bits per heavy atom. The molecule has 2 aromatic carbocycles. The standard InChI is InChI=1S/C17H18ClNOS/c1-19(2)11-17(20)14-8-7-13(18)9-12(14)10-21-16-6-4-3-5-15(16)17/h3-9,20H,10-11H2,1-2H3. The molecule has 1 aliphatic rings. The van der Waals surface area contributed by atoms with Gasteiger partial charge < -0.3 is 10.0 Å². The number of nitrogens with zero attached hydrogens (tertiary/aromatic N) is 1. The largest absolute Gasteiger partial charge is 0.379 e. The van der Waals surface area contributed by atoms with E-state index < -0.39 is 5.60 Å². The molecule has 1 N–H and O–H groups in total. The number of thioether (sulfide) groups is 1. The summed E-state index contributed by atoms with van der Waals surface area (Å²) in [5, 5.41) is 12.2. The van der Waals surface area contributed by atoms with Gasteiger partial charge >= 0.3 is 0 Å². The Labute approximate surface area is 134 Å². The first-order valence-corrected chi connectivity index (χ1v) is 8.25. The average molecular weight is 320 g/mol. The molecule has 2 nitrogen and oxygen atoms in total. The zero-order valence-electron chi connectivity index (χ0n) is 12.1. The number of fused-ring (bicyclic) bond motifs is 2. The van der Waals surface area contributed by atoms with Gasteiger partial charge in [-0.1, -0.05) is 35.9 Å². The van der Waals surface area contributed by atoms with Crippen LogP contribution < -0.4 is 0 Å². The molecule has 0 radical (unpaired) electrons. The van der Waals surface area contributed by atoms with Gasteiger partial charge in [-0.05, 0) is 43.4 Å². The fraction of sp³-hybridized carbons (Fsp3) is 0.294. The van der Waals surface area contributed by atoms with Gasteiger partial charge in [-0.2, -0.15) is 0 Å². The molecule has 0 saturated heterocycles. The summed E-state index contributed by atoms with van der Waals surface area (Å²) in [5.74, 6) is 0.822. The van der Waals surface area contributed by atoms with Crippen LogP contribution >= 0.6 is 23.4 Å². The van der Waals surface area contributed by atoms with Crippen molar-refractivity contribution in [2.24, 2.45) is 0 Å². The molecular weight excluding hydrogens is 302 g/mol. The van der Waals surface area contributed by atoms with Gasteiger partial charge in [0.2, 0.25) is 0 Å². The van der Waals surface area contributed by atoms with Crippen molar-refractivity contribution < 1.29 is 5.11 Å². The van der Waals surface area contributed by atoms with Gasteiger partial charge in [0, 0.05) is 27.8 Å². The second-order valence-electron chi connectivity index (χ2n) is 5.68. The summed E-state index contributed by atoms with van der Waals surface area (Å²) in [6, 6.07) is 13.9. The van der Waals surface area contributed by atoms with Crippen LogP contribution in [0, 0.1) is 0 Å². The van der Waals surface area contributed by atoms with Gasteiger partial charge in [0.05, 0.1) is 0 Å². The molecule has 1 unspecified atom stereocenters. The minimum absolute atomic E-state index is 0.541. The van der Waals surface area contributed by atoms with Gasteiger partial charge in [-0.3, -0.25) is 0 Å². The maximum atomic E-state index is 11.5. The Kier molecular flexibility index (Phi) is 4.02. The lowest BCUT2D eigenvalue weighted by Gasteiger charge is -2.33. The van der Waals surface area contributed by atoms with E-state index in [4.69, 9.17) is 11.6 Å². The van der Waals surface area contributed by atoms with Gasteiger partial charge in [0.25, 0.3) is 0 Å². The monoisotopic (exact) mass is 319 g/mol. The molecular formula is C17H18ClNOS. The Morgan fingerprint density at radius 1 is 1.19 bits per heavy atom. The number of aliphatic hydroxyl groups is 1. The topological polar surface area (TPSA) is 23.5 Å². The molecule has 4 heteroatoms. The number of hydrogen-bond acceptors (Lipinski definition) is 3. The quantitative estimate of drug-likeness (QED) is 0.912. The summed E-state index contributed by atoms with van der Waals surface area (Å²) in [7, 11) is 3.96. The highest BCUT2D eigenvalue weighted by Gasteiger charge is 2.37. The fourth-order valence-corrected chi connectivity index (χ4v) is 4.26. The van der Waals surface area contributed by atoms with E-state index >= 15 is 0 Å². The van der Waals surface area contributed by atoms with Crippen LogP contribution in [0.25, 0.3) is 0 Å². The minimum Gasteiger partial charge on any atom is -0.379 e. The molecule has 110 valence electrons. The van der Waals surface area contributed by atoms with Crippen molar-refractivity contribution in [3.05, 3.63) is 64.2 Å². The smallest absolute Gasteiger partial charge is 0.129 e. The van der Waals surface area contributed by atoms with E-state index in [1.165, 1.54) is 0 Å². The summed E-state index contributed by atoms with van der Waals surface area (Å²) in [5.41, 5.74) is 2.03. The zero-order valence-corrected chi connectivity index (χ0v) is 13.7. The molecule has 0 saturated carbocycles. The zero-order chi connectivity index (χ0) is 15.0. The summed E-state index contributed by atoms with van der Waals surface area (Å²) < 4.78 is 0. The van der Waals surface area contributed by atoms with Gasteiger partial charge in [0.1, 0.15) is 5.60 Å². The Hall–Kier alpha value is -1.00. The summed E-state index contributed by atoms with van der Waals surface area (Å²) in [4.78, 5) is 3.15. The number of likely N-dealkylation sites (N-methyl/N-ethyl adjacent to an activating group) is 1. The first kappa shape index (κ1) is 14.9. The van der Waals surface area contributed by atoms with Crippen LogP contribution in [0.3, 0.4) is 0 Å². The molecule has 0 spiro atoms. The Balaban J connectivity index is 2.24. The van der Waals surface area contributed by atoms with Crippen LogP contribution in [-0.4, -0.2) is 30.6 Å². The maximum Gasteiger partial charge on any atom is 0.129 e. The van der Waals surface area contributed by atoms with Crippen LogP contribution in [0.5, 0.6) is 0 Å². The predicted octanol–water partition coefficient (Wildman–Crippen LogP) is 3.74. The van der Waals surface area contributed by atoms with E-state index in [1.807, 2.05) is 55.4 Å². The molecule has 21 heavy (non-hydrogen) atoms. The van der Waals surface area contributed by atoms with Crippen LogP contribution in [0.1, 0.15) is 16.7 Å². The van der Waals surface area contributed by atoms with Gasteiger partial charge in [0.15, 0.2) is 0 Å². The van der Waals surface area contributed by atoms with Crippen molar-refractivity contribution >= 4 is 23.4 Å². The summed E-state index contributed by atoms with van der Waals surface area (Å²) >= 11 is 7.89. The Bertz CT molecular complexity index is 674. The molecule has 1 heterocycles. The summed E-state index contributed by atoms with van der Waals surface area (Å²) in [6.45, 7) is 0.541. The average Bonchev–Trinajstić information content (AvgIpc) is 2.54. The molecule has 3 rings (SSSR count). The van der Waals surface area contributed by atoms with Crippen molar-refractivity contribution in [3.63, 3.8) is 0 Å². The predicted molar refractivity (Wildman–Crippen MR) is 89.0 cm³/mol. The van der Waals surface area contributed by atoms with E-state index in [9.17, 15) is 5.11 Å². The lowest BCUT2D eigenvalue weighted by Crippen LogP contribution is -2.39. The molecule has 0 aliphatic carbocycles. The normalized spacial score (nSPS) is 20.8. The third-order valence-electron chi connectivity index (χ3n) is 3.77. The van der Waals surface area contributed by atoms with Crippen LogP contribution in [0.2, 0.25) is 5.02 Å². The third-order valence-corrected chi connectivity index (χ3v) is 5.13.